The zero-order valence-electron chi connectivity index (χ0n) is 16.0. The fourth-order valence-corrected chi connectivity index (χ4v) is 2.98. The summed E-state index contributed by atoms with van der Waals surface area (Å²) in [5.41, 5.74) is 4.45. The number of pyridine rings is 1. The lowest BCUT2D eigenvalue weighted by molar-refractivity contribution is 0.350. The van der Waals surface area contributed by atoms with Crippen LogP contribution in [0, 0.1) is 5.41 Å². The van der Waals surface area contributed by atoms with Crippen molar-refractivity contribution in [3.63, 3.8) is 0 Å². The molecule has 1 unspecified atom stereocenters. The van der Waals surface area contributed by atoms with Crippen molar-refractivity contribution in [1.82, 2.24) is 25.7 Å². The quantitative estimate of drug-likeness (QED) is 0.481. The van der Waals surface area contributed by atoms with Crippen LogP contribution in [0.3, 0.4) is 0 Å². The van der Waals surface area contributed by atoms with Gasteiger partial charge < -0.3 is 15.2 Å². The lowest BCUT2D eigenvalue weighted by Gasteiger charge is -2.21. The number of H-pyrrole nitrogens is 1. The molecule has 0 spiro atoms. The molecule has 4 aromatic rings. The Morgan fingerprint density at radius 2 is 2.07 bits per heavy atom. The Kier molecular flexibility index (Phi) is 4.31. The second-order valence-electron chi connectivity index (χ2n) is 8.04. The summed E-state index contributed by atoms with van der Waals surface area (Å²) in [5.74, 6) is 0.685. The molecule has 1 aromatic carbocycles. The summed E-state index contributed by atoms with van der Waals surface area (Å²) < 4.78 is 5.58. The molecule has 4 rings (SSSR count). The third-order valence-electron chi connectivity index (χ3n) is 4.43. The number of nitrogens with one attached hydrogen (secondary N) is 3. The standard InChI is InChI=1S/C20H24N6O/c1-12(22-11-20(2,3)4)17-14-8-7-13(10-16(14)27-26-17)23-19-18-15(24-25-19)6-5-9-21-18/h5-10,12,22H,11H2,1-4H3,(H2,23,24,25). The monoisotopic (exact) mass is 364 g/mol. The maximum atomic E-state index is 5.58. The van der Waals surface area contributed by atoms with Crippen LogP contribution in [0.2, 0.25) is 0 Å². The molecule has 0 aliphatic carbocycles. The molecule has 0 fully saturated rings. The summed E-state index contributed by atoms with van der Waals surface area (Å²) in [4.78, 5) is 4.37. The zero-order chi connectivity index (χ0) is 19.0. The van der Waals surface area contributed by atoms with Gasteiger partial charge in [-0.15, -0.1) is 0 Å². The zero-order valence-corrected chi connectivity index (χ0v) is 16.0. The largest absolute Gasteiger partial charge is 0.356 e. The minimum atomic E-state index is 0.115. The number of rotatable bonds is 5. The predicted molar refractivity (Wildman–Crippen MR) is 107 cm³/mol. The molecule has 7 nitrogen and oxygen atoms in total. The minimum Gasteiger partial charge on any atom is -0.356 e. The van der Waals surface area contributed by atoms with E-state index in [1.165, 1.54) is 0 Å². The van der Waals surface area contributed by atoms with Crippen LogP contribution in [-0.4, -0.2) is 26.9 Å². The molecule has 1 atom stereocenters. The molecule has 3 aromatic heterocycles. The predicted octanol–water partition coefficient (Wildman–Crippen LogP) is 4.54. The summed E-state index contributed by atoms with van der Waals surface area (Å²) in [7, 11) is 0. The molecule has 0 aliphatic heterocycles. The van der Waals surface area contributed by atoms with E-state index < -0.39 is 0 Å². The lowest BCUT2D eigenvalue weighted by atomic mass is 9.96. The van der Waals surface area contributed by atoms with Gasteiger partial charge in [0.25, 0.3) is 0 Å². The van der Waals surface area contributed by atoms with Gasteiger partial charge in [-0.3, -0.25) is 10.1 Å². The van der Waals surface area contributed by atoms with Gasteiger partial charge in [0, 0.05) is 29.9 Å². The van der Waals surface area contributed by atoms with Crippen LogP contribution in [0.25, 0.3) is 22.0 Å². The van der Waals surface area contributed by atoms with E-state index >= 15 is 0 Å². The maximum Gasteiger partial charge on any atom is 0.178 e. The summed E-state index contributed by atoms with van der Waals surface area (Å²) in [5, 5.41) is 19.4. The van der Waals surface area contributed by atoms with Crippen molar-refractivity contribution in [3.05, 3.63) is 42.2 Å². The molecule has 3 heterocycles. The van der Waals surface area contributed by atoms with Crippen LogP contribution in [0.5, 0.6) is 0 Å². The van der Waals surface area contributed by atoms with Crippen molar-refractivity contribution in [2.75, 3.05) is 11.9 Å². The average molecular weight is 364 g/mol. The van der Waals surface area contributed by atoms with Gasteiger partial charge in [0.15, 0.2) is 11.4 Å². The van der Waals surface area contributed by atoms with E-state index in [1.54, 1.807) is 6.20 Å². The van der Waals surface area contributed by atoms with Gasteiger partial charge in [-0.25, -0.2) is 0 Å². The molecular formula is C20H24N6O. The molecular weight excluding hydrogens is 340 g/mol. The van der Waals surface area contributed by atoms with Crippen LogP contribution in [0.15, 0.2) is 41.1 Å². The van der Waals surface area contributed by atoms with E-state index in [1.807, 2.05) is 30.3 Å². The normalized spacial score (nSPS) is 13.3. The Bertz CT molecular complexity index is 1070. The highest BCUT2D eigenvalue weighted by Gasteiger charge is 2.18. The van der Waals surface area contributed by atoms with Crippen molar-refractivity contribution in [3.8, 4) is 0 Å². The molecule has 0 aliphatic rings. The van der Waals surface area contributed by atoms with E-state index in [0.717, 1.165) is 39.9 Å². The first kappa shape index (κ1) is 17.5. The minimum absolute atomic E-state index is 0.115. The number of hydrogen-bond donors (Lipinski definition) is 3. The number of anilines is 2. The summed E-state index contributed by atoms with van der Waals surface area (Å²) >= 11 is 0. The van der Waals surface area contributed by atoms with Crippen molar-refractivity contribution >= 4 is 33.5 Å². The molecule has 0 amide bonds. The van der Waals surface area contributed by atoms with Crippen molar-refractivity contribution in [2.45, 2.75) is 33.7 Å². The number of aromatic nitrogens is 4. The van der Waals surface area contributed by atoms with Gasteiger partial charge in [-0.1, -0.05) is 25.9 Å². The van der Waals surface area contributed by atoms with Crippen LogP contribution in [-0.2, 0) is 0 Å². The summed E-state index contributed by atoms with van der Waals surface area (Å²) in [6.07, 6.45) is 1.75. The summed E-state index contributed by atoms with van der Waals surface area (Å²) in [6, 6.07) is 9.90. The number of hydrogen-bond acceptors (Lipinski definition) is 6. The van der Waals surface area contributed by atoms with E-state index in [4.69, 9.17) is 4.52 Å². The fraction of sp³-hybridized carbons (Fsp3) is 0.350. The molecule has 27 heavy (non-hydrogen) atoms. The van der Waals surface area contributed by atoms with Crippen molar-refractivity contribution in [2.24, 2.45) is 5.41 Å². The van der Waals surface area contributed by atoms with Crippen molar-refractivity contribution < 1.29 is 4.52 Å². The van der Waals surface area contributed by atoms with Gasteiger partial charge in [-0.2, -0.15) is 5.10 Å². The lowest BCUT2D eigenvalue weighted by Crippen LogP contribution is -2.29. The van der Waals surface area contributed by atoms with Gasteiger partial charge in [0.05, 0.1) is 11.6 Å². The fourth-order valence-electron chi connectivity index (χ4n) is 2.98. The van der Waals surface area contributed by atoms with Crippen LogP contribution < -0.4 is 10.6 Å². The highest BCUT2D eigenvalue weighted by Crippen LogP contribution is 2.29. The first-order valence-electron chi connectivity index (χ1n) is 9.09. The Balaban J connectivity index is 1.57. The van der Waals surface area contributed by atoms with E-state index in [-0.39, 0.29) is 11.5 Å². The van der Waals surface area contributed by atoms with Gasteiger partial charge >= 0.3 is 0 Å². The Morgan fingerprint density at radius 1 is 1.22 bits per heavy atom. The van der Waals surface area contributed by atoms with Gasteiger partial charge in [0.1, 0.15) is 11.2 Å². The highest BCUT2D eigenvalue weighted by molar-refractivity contribution is 5.89. The van der Waals surface area contributed by atoms with E-state index in [0.29, 0.717) is 5.82 Å². The molecule has 0 bridgehead atoms. The third kappa shape index (κ3) is 3.64. The second-order valence-corrected chi connectivity index (χ2v) is 8.04. The second kappa shape index (κ2) is 6.66. The summed E-state index contributed by atoms with van der Waals surface area (Å²) in [6.45, 7) is 9.63. The Morgan fingerprint density at radius 3 is 2.89 bits per heavy atom. The van der Waals surface area contributed by atoms with Crippen molar-refractivity contribution in [1.29, 1.82) is 0 Å². The van der Waals surface area contributed by atoms with Crippen LogP contribution in [0.4, 0.5) is 11.5 Å². The molecule has 0 radical (unpaired) electrons. The first-order valence-corrected chi connectivity index (χ1v) is 9.09. The maximum absolute atomic E-state index is 5.58. The Hall–Kier alpha value is -2.93. The SMILES string of the molecule is CC(NCC(C)(C)C)c1noc2cc(Nc3n[nH]c4cccnc34)ccc12. The molecule has 0 saturated carbocycles. The van der Waals surface area contributed by atoms with Crippen LogP contribution >= 0.6 is 0 Å². The van der Waals surface area contributed by atoms with Gasteiger partial charge in [0.2, 0.25) is 0 Å². The van der Waals surface area contributed by atoms with Gasteiger partial charge in [-0.05, 0) is 36.6 Å². The Labute approximate surface area is 157 Å². The number of fused-ring (bicyclic) bond motifs is 2. The first-order chi connectivity index (χ1) is 12.9. The molecule has 7 heteroatoms. The van der Waals surface area contributed by atoms with Crippen LogP contribution in [0.1, 0.15) is 39.4 Å². The molecule has 3 N–H and O–H groups in total. The third-order valence-corrected chi connectivity index (χ3v) is 4.43. The molecule has 0 saturated heterocycles. The highest BCUT2D eigenvalue weighted by atomic mass is 16.5. The smallest absolute Gasteiger partial charge is 0.178 e. The number of aromatic amines is 1. The number of benzene rings is 1. The average Bonchev–Trinajstić information content (AvgIpc) is 3.23. The molecule has 140 valence electrons. The number of nitrogens with zero attached hydrogens (tertiary/aromatic N) is 3. The topological polar surface area (TPSA) is 91.7 Å². The van der Waals surface area contributed by atoms with E-state index in [2.05, 4.69) is 58.7 Å². The van der Waals surface area contributed by atoms with E-state index in [9.17, 15) is 0 Å².